The van der Waals surface area contributed by atoms with Crippen LogP contribution in [0.3, 0.4) is 0 Å². The van der Waals surface area contributed by atoms with Crippen LogP contribution in [0.5, 0.6) is 0 Å². The molecule has 1 saturated heterocycles. The molecule has 4 aliphatic carbocycles. The van der Waals surface area contributed by atoms with E-state index in [0.717, 1.165) is 51.2 Å². The third-order valence-electron chi connectivity index (χ3n) is 8.01. The molecular weight excluding hydrogens is 362 g/mol. The first-order valence-electron chi connectivity index (χ1n) is 11.5. The largest absolute Gasteiger partial charge is 0.379 e. The van der Waals surface area contributed by atoms with Crippen molar-refractivity contribution < 1.29 is 9.53 Å². The van der Waals surface area contributed by atoms with Crippen LogP contribution in [0.4, 0.5) is 4.79 Å². The van der Waals surface area contributed by atoms with Crippen molar-refractivity contribution in [1.29, 1.82) is 0 Å². The molecule has 4 atom stereocenters. The van der Waals surface area contributed by atoms with E-state index < -0.39 is 0 Å². The first-order chi connectivity index (χ1) is 14.1. The number of carbonyl (C=O) groups is 1. The molecule has 1 aliphatic heterocycles. The molecule has 5 heteroatoms. The first-order valence-corrected chi connectivity index (χ1v) is 11.5. The van der Waals surface area contributed by atoms with Crippen molar-refractivity contribution in [3.8, 4) is 0 Å². The summed E-state index contributed by atoms with van der Waals surface area (Å²) in [5.41, 5.74) is 2.18. The van der Waals surface area contributed by atoms with Crippen LogP contribution in [0.25, 0.3) is 0 Å². The summed E-state index contributed by atoms with van der Waals surface area (Å²) in [5.74, 6) is 1.67. The highest BCUT2D eigenvalue weighted by Gasteiger charge is 2.57. The fourth-order valence-corrected chi connectivity index (χ4v) is 7.27. The quantitative estimate of drug-likeness (QED) is 0.775. The molecule has 2 amide bonds. The van der Waals surface area contributed by atoms with Crippen LogP contribution in [-0.4, -0.2) is 56.9 Å². The third kappa shape index (κ3) is 4.04. The van der Waals surface area contributed by atoms with Crippen molar-refractivity contribution in [2.24, 2.45) is 17.3 Å². The average Bonchev–Trinajstić information content (AvgIpc) is 2.73. The predicted molar refractivity (Wildman–Crippen MR) is 114 cm³/mol. The molecule has 2 N–H and O–H groups in total. The second-order valence-corrected chi connectivity index (χ2v) is 10.2. The van der Waals surface area contributed by atoms with Crippen molar-refractivity contribution in [1.82, 2.24) is 15.5 Å². The van der Waals surface area contributed by atoms with Gasteiger partial charge in [-0.05, 0) is 66.8 Å². The van der Waals surface area contributed by atoms with Gasteiger partial charge < -0.3 is 15.4 Å². The summed E-state index contributed by atoms with van der Waals surface area (Å²) in [4.78, 5) is 14.8. The lowest BCUT2D eigenvalue weighted by Gasteiger charge is -2.62. The predicted octanol–water partition coefficient (Wildman–Crippen LogP) is 3.16. The summed E-state index contributed by atoms with van der Waals surface area (Å²) in [5, 5.41) is 6.32. The smallest absolute Gasteiger partial charge is 0.314 e. The standard InChI is InChI=1S/C24H35N3O2/c28-22(25-6-7-27-8-10-29-11-9-27)26-18-23-13-19-12-20(14-23)16-24(15-19,17-23)21-4-2-1-3-5-21/h1-5,19-20H,6-18H2,(H2,25,26,28)/t19-,20+,23?,24?. The van der Waals surface area contributed by atoms with Gasteiger partial charge >= 0.3 is 6.03 Å². The van der Waals surface area contributed by atoms with Crippen LogP contribution < -0.4 is 10.6 Å². The molecule has 1 aromatic carbocycles. The maximum atomic E-state index is 12.5. The topological polar surface area (TPSA) is 53.6 Å². The van der Waals surface area contributed by atoms with E-state index in [1.54, 1.807) is 0 Å². The summed E-state index contributed by atoms with van der Waals surface area (Å²) < 4.78 is 5.38. The van der Waals surface area contributed by atoms with E-state index >= 15 is 0 Å². The molecule has 4 saturated carbocycles. The number of hydrogen-bond acceptors (Lipinski definition) is 3. The molecular formula is C24H35N3O2. The van der Waals surface area contributed by atoms with Crippen LogP contribution in [0.2, 0.25) is 0 Å². The van der Waals surface area contributed by atoms with E-state index in [1.165, 1.54) is 44.1 Å². The van der Waals surface area contributed by atoms with E-state index in [0.29, 0.717) is 17.4 Å². The second-order valence-electron chi connectivity index (χ2n) is 10.2. The Labute approximate surface area is 174 Å². The van der Waals surface area contributed by atoms with E-state index in [9.17, 15) is 4.79 Å². The zero-order chi connectivity index (χ0) is 19.7. The third-order valence-corrected chi connectivity index (χ3v) is 8.01. The normalized spacial score (nSPS) is 36.1. The lowest BCUT2D eigenvalue weighted by atomic mass is 9.43. The van der Waals surface area contributed by atoms with Gasteiger partial charge in [0.25, 0.3) is 0 Å². The van der Waals surface area contributed by atoms with E-state index in [2.05, 4.69) is 45.9 Å². The monoisotopic (exact) mass is 397 g/mol. The maximum absolute atomic E-state index is 12.5. The Hall–Kier alpha value is -1.59. The highest BCUT2D eigenvalue weighted by molar-refractivity contribution is 5.73. The van der Waals surface area contributed by atoms with Crippen molar-refractivity contribution in [3.63, 3.8) is 0 Å². The number of rotatable bonds is 6. The van der Waals surface area contributed by atoms with Gasteiger partial charge in [-0.2, -0.15) is 0 Å². The zero-order valence-electron chi connectivity index (χ0n) is 17.5. The van der Waals surface area contributed by atoms with Gasteiger partial charge in [-0.25, -0.2) is 4.79 Å². The number of nitrogens with one attached hydrogen (secondary N) is 2. The van der Waals surface area contributed by atoms with Crippen molar-refractivity contribution >= 4 is 6.03 Å². The van der Waals surface area contributed by atoms with Gasteiger partial charge in [0.2, 0.25) is 0 Å². The van der Waals surface area contributed by atoms with Gasteiger partial charge in [0.05, 0.1) is 13.2 Å². The number of carbonyl (C=O) groups excluding carboxylic acids is 1. The second kappa shape index (κ2) is 7.92. The molecule has 6 rings (SSSR count). The molecule has 4 bridgehead atoms. The van der Waals surface area contributed by atoms with Crippen molar-refractivity contribution in [3.05, 3.63) is 35.9 Å². The Bertz CT molecular complexity index is 702. The molecule has 0 spiro atoms. The van der Waals surface area contributed by atoms with Crippen LogP contribution >= 0.6 is 0 Å². The Kier molecular flexibility index (Phi) is 5.29. The number of hydrogen-bond donors (Lipinski definition) is 2. The molecule has 5 aliphatic rings. The minimum atomic E-state index is 0.00256. The van der Waals surface area contributed by atoms with Gasteiger partial charge in [-0.15, -0.1) is 0 Å². The van der Waals surface area contributed by atoms with Gasteiger partial charge in [0.1, 0.15) is 0 Å². The number of benzene rings is 1. The van der Waals surface area contributed by atoms with Crippen molar-refractivity contribution in [2.45, 2.75) is 43.9 Å². The Morgan fingerprint density at radius 3 is 2.48 bits per heavy atom. The summed E-state index contributed by atoms with van der Waals surface area (Å²) in [6, 6.07) is 11.2. The average molecular weight is 398 g/mol. The molecule has 29 heavy (non-hydrogen) atoms. The van der Waals surface area contributed by atoms with Gasteiger partial charge in [-0.3, -0.25) is 4.90 Å². The van der Waals surface area contributed by atoms with E-state index in [4.69, 9.17) is 4.74 Å². The van der Waals surface area contributed by atoms with Gasteiger partial charge in [0.15, 0.2) is 0 Å². The molecule has 1 aromatic rings. The zero-order valence-corrected chi connectivity index (χ0v) is 17.5. The highest BCUT2D eigenvalue weighted by Crippen LogP contribution is 2.65. The molecule has 1 heterocycles. The summed E-state index contributed by atoms with van der Waals surface area (Å²) in [6.45, 7) is 5.99. The maximum Gasteiger partial charge on any atom is 0.314 e. The lowest BCUT2D eigenvalue weighted by molar-refractivity contribution is -0.0693. The minimum absolute atomic E-state index is 0.00256. The van der Waals surface area contributed by atoms with Crippen LogP contribution in [-0.2, 0) is 10.2 Å². The number of morpholine rings is 1. The molecule has 0 radical (unpaired) electrons. The minimum Gasteiger partial charge on any atom is -0.379 e. The fraction of sp³-hybridized carbons (Fsp3) is 0.708. The van der Waals surface area contributed by atoms with Crippen LogP contribution in [0, 0.1) is 17.3 Å². The van der Waals surface area contributed by atoms with E-state index in [-0.39, 0.29) is 6.03 Å². The number of ether oxygens (including phenoxy) is 1. The number of nitrogens with zero attached hydrogens (tertiary/aromatic N) is 1. The number of urea groups is 1. The summed E-state index contributed by atoms with van der Waals surface area (Å²) >= 11 is 0. The summed E-state index contributed by atoms with van der Waals surface area (Å²) in [7, 11) is 0. The molecule has 158 valence electrons. The Morgan fingerprint density at radius 2 is 1.76 bits per heavy atom. The van der Waals surface area contributed by atoms with Crippen molar-refractivity contribution in [2.75, 3.05) is 45.9 Å². The molecule has 5 fully saturated rings. The van der Waals surface area contributed by atoms with Crippen LogP contribution in [0.15, 0.2) is 30.3 Å². The Morgan fingerprint density at radius 1 is 1.03 bits per heavy atom. The van der Waals surface area contributed by atoms with Gasteiger partial charge in [0, 0.05) is 32.7 Å². The lowest BCUT2D eigenvalue weighted by Crippen LogP contribution is -2.58. The fourth-order valence-electron chi connectivity index (χ4n) is 7.27. The first kappa shape index (κ1) is 19.4. The Balaban J connectivity index is 1.17. The number of amides is 2. The molecule has 2 unspecified atom stereocenters. The molecule has 5 nitrogen and oxygen atoms in total. The SMILES string of the molecule is O=C(NCCN1CCOCC1)NCC12C[C@H]3C[C@@H](C1)CC(c1ccccc1)(C3)C2. The van der Waals surface area contributed by atoms with Gasteiger partial charge in [-0.1, -0.05) is 30.3 Å². The summed E-state index contributed by atoms with van der Waals surface area (Å²) in [6.07, 6.45) is 7.94. The highest BCUT2D eigenvalue weighted by atomic mass is 16.5. The van der Waals surface area contributed by atoms with Crippen LogP contribution in [0.1, 0.15) is 44.1 Å². The van der Waals surface area contributed by atoms with E-state index in [1.807, 2.05) is 0 Å². The molecule has 0 aromatic heterocycles.